The monoisotopic (exact) mass is 706 g/mol. The average molecular weight is 707 g/mol. The topological polar surface area (TPSA) is 0 Å². The minimum absolute atomic E-state index is 0.483. The predicted octanol–water partition coefficient (Wildman–Crippen LogP) is 10.4. The van der Waals surface area contributed by atoms with Crippen LogP contribution in [-0.2, 0) is 0 Å². The standard InChI is InChI=1S/C50H50Si2/c1-31(2)39-19-13-21-47(49(39)33(5)6)51-25-23-43-41-17-11-12-18-42(41)44(24-26-52-48-22-14-20-40(32(3)4)50(48)34(7)8)46-30-38-28-36-16-10-9-15-35(36)27-37(38)29-45(43)46/h9-22,27-34H,51-52H2,1-8H3. The van der Waals surface area contributed by atoms with E-state index in [0.29, 0.717) is 23.7 Å². The van der Waals surface area contributed by atoms with Gasteiger partial charge in [-0.3, -0.25) is 0 Å². The fourth-order valence-electron chi connectivity index (χ4n) is 8.33. The highest BCUT2D eigenvalue weighted by molar-refractivity contribution is 6.63. The molecule has 52 heavy (non-hydrogen) atoms. The van der Waals surface area contributed by atoms with Crippen molar-refractivity contribution in [2.75, 3.05) is 0 Å². The Bertz CT molecular complexity index is 2420. The van der Waals surface area contributed by atoms with E-state index in [1.54, 1.807) is 0 Å². The maximum absolute atomic E-state index is 3.82. The maximum atomic E-state index is 3.82. The van der Waals surface area contributed by atoms with Crippen molar-refractivity contribution in [3.05, 3.63) is 143 Å². The van der Waals surface area contributed by atoms with Crippen molar-refractivity contribution in [3.63, 3.8) is 0 Å². The van der Waals surface area contributed by atoms with Crippen LogP contribution in [0, 0.1) is 22.9 Å². The van der Waals surface area contributed by atoms with Crippen LogP contribution in [0.25, 0.3) is 43.1 Å². The summed E-state index contributed by atoms with van der Waals surface area (Å²) in [5.74, 6) is 9.60. The zero-order valence-corrected chi connectivity index (χ0v) is 34.9. The van der Waals surface area contributed by atoms with Crippen LogP contribution in [0.1, 0.15) is 112 Å². The quantitative estimate of drug-likeness (QED) is 0.0918. The van der Waals surface area contributed by atoms with Gasteiger partial charge in [0.25, 0.3) is 0 Å². The van der Waals surface area contributed by atoms with Gasteiger partial charge in [0.15, 0.2) is 0 Å². The largest absolute Gasteiger partial charge is 0.138 e. The van der Waals surface area contributed by atoms with Crippen molar-refractivity contribution in [1.29, 1.82) is 0 Å². The van der Waals surface area contributed by atoms with Crippen LogP contribution >= 0.6 is 0 Å². The third-order valence-corrected chi connectivity index (χ3v) is 13.4. The van der Waals surface area contributed by atoms with Gasteiger partial charge in [-0.25, -0.2) is 0 Å². The van der Waals surface area contributed by atoms with E-state index in [1.165, 1.54) is 75.7 Å². The van der Waals surface area contributed by atoms with E-state index in [9.17, 15) is 0 Å². The van der Waals surface area contributed by atoms with Crippen molar-refractivity contribution in [1.82, 2.24) is 0 Å². The van der Waals surface area contributed by atoms with Crippen LogP contribution in [0.4, 0.5) is 0 Å². The Morgan fingerprint density at radius 2 is 0.788 bits per heavy atom. The van der Waals surface area contributed by atoms with Gasteiger partial charge in [-0.15, -0.1) is 11.1 Å². The molecule has 0 N–H and O–H groups in total. The number of hydrogen-bond donors (Lipinski definition) is 0. The lowest BCUT2D eigenvalue weighted by Crippen LogP contribution is -2.22. The lowest BCUT2D eigenvalue weighted by atomic mass is 9.90. The van der Waals surface area contributed by atoms with Crippen LogP contribution in [0.2, 0.25) is 0 Å². The molecule has 7 aromatic carbocycles. The Morgan fingerprint density at radius 1 is 0.385 bits per heavy atom. The molecule has 7 aromatic rings. The van der Waals surface area contributed by atoms with Crippen LogP contribution in [0.15, 0.2) is 109 Å². The first kappa shape index (κ1) is 35.5. The first-order valence-corrected chi connectivity index (χ1v) is 22.0. The number of benzene rings is 7. The van der Waals surface area contributed by atoms with Crippen LogP contribution < -0.4 is 10.4 Å². The highest BCUT2D eigenvalue weighted by Gasteiger charge is 2.17. The molecule has 0 nitrogen and oxygen atoms in total. The Labute approximate surface area is 315 Å². The molecule has 0 unspecified atom stereocenters. The molecule has 0 bridgehead atoms. The summed E-state index contributed by atoms with van der Waals surface area (Å²) < 4.78 is 0. The minimum Gasteiger partial charge on any atom is -0.129 e. The van der Waals surface area contributed by atoms with E-state index in [-0.39, 0.29) is 0 Å². The summed E-state index contributed by atoms with van der Waals surface area (Å²) in [4.78, 5) is 0. The summed E-state index contributed by atoms with van der Waals surface area (Å²) in [6.45, 7) is 18.6. The van der Waals surface area contributed by atoms with Crippen molar-refractivity contribution in [3.8, 4) is 22.9 Å². The van der Waals surface area contributed by atoms with Crippen molar-refractivity contribution in [2.45, 2.75) is 79.1 Å². The molecule has 0 fully saturated rings. The van der Waals surface area contributed by atoms with Gasteiger partial charge in [0.05, 0.1) is 0 Å². The van der Waals surface area contributed by atoms with E-state index in [4.69, 9.17) is 0 Å². The van der Waals surface area contributed by atoms with Gasteiger partial charge < -0.3 is 0 Å². The van der Waals surface area contributed by atoms with Crippen molar-refractivity contribution >= 4 is 72.5 Å². The molecule has 0 heterocycles. The fraction of sp³-hybridized carbons (Fsp3) is 0.240. The molecule has 258 valence electrons. The molecule has 0 aromatic heterocycles. The second-order valence-electron chi connectivity index (χ2n) is 15.7. The minimum atomic E-state index is -0.838. The third kappa shape index (κ3) is 6.87. The van der Waals surface area contributed by atoms with Gasteiger partial charge in [0.1, 0.15) is 19.0 Å². The molecule has 0 spiro atoms. The van der Waals surface area contributed by atoms with Crippen molar-refractivity contribution < 1.29 is 0 Å². The fourth-order valence-corrected chi connectivity index (χ4v) is 11.4. The molecule has 2 heteroatoms. The smallest absolute Gasteiger partial charge is 0.129 e. The van der Waals surface area contributed by atoms with Gasteiger partial charge in [0, 0.05) is 11.1 Å². The highest BCUT2D eigenvalue weighted by atomic mass is 28.2. The zero-order valence-electron chi connectivity index (χ0n) is 32.1. The molecule has 7 rings (SSSR count). The summed E-state index contributed by atoms with van der Waals surface area (Å²) in [5, 5.41) is 12.8. The first-order valence-electron chi connectivity index (χ1n) is 19.1. The van der Waals surface area contributed by atoms with Gasteiger partial charge >= 0.3 is 0 Å². The lowest BCUT2D eigenvalue weighted by Gasteiger charge is -2.19. The van der Waals surface area contributed by atoms with Gasteiger partial charge in [-0.1, -0.05) is 152 Å². The van der Waals surface area contributed by atoms with E-state index in [1.807, 2.05) is 0 Å². The first-order chi connectivity index (χ1) is 25.1. The molecule has 0 amide bonds. The zero-order chi connectivity index (χ0) is 36.5. The van der Waals surface area contributed by atoms with E-state index in [0.717, 1.165) is 11.1 Å². The summed E-state index contributed by atoms with van der Waals surface area (Å²) in [6, 6.07) is 40.8. The SMILES string of the molecule is CC(C)c1cccc([SiH2]C#Cc2c3ccccc3c(C#C[SiH2]c3cccc(C(C)C)c3C(C)C)c3cc4cc5ccccc5cc4cc23)c1C(C)C. The molecule has 0 saturated heterocycles. The highest BCUT2D eigenvalue weighted by Crippen LogP contribution is 2.36. The molecule has 0 aliphatic carbocycles. The molecule has 0 atom stereocenters. The second kappa shape index (κ2) is 15.0. The maximum Gasteiger partial charge on any atom is 0.138 e. The number of fused-ring (bicyclic) bond motifs is 4. The molecule has 0 aliphatic heterocycles. The Morgan fingerprint density at radius 3 is 1.17 bits per heavy atom. The summed E-state index contributed by atoms with van der Waals surface area (Å²) >= 11 is 0. The summed E-state index contributed by atoms with van der Waals surface area (Å²) in [6.07, 6.45) is 0. The van der Waals surface area contributed by atoms with Gasteiger partial charge in [-0.05, 0) is 124 Å². The van der Waals surface area contributed by atoms with E-state index >= 15 is 0 Å². The van der Waals surface area contributed by atoms with Gasteiger partial charge in [-0.2, -0.15) is 0 Å². The summed E-state index contributed by atoms with van der Waals surface area (Å²) in [5.41, 5.74) is 15.9. The summed E-state index contributed by atoms with van der Waals surface area (Å²) in [7, 11) is -1.68. The Balaban J connectivity index is 1.44. The molecular weight excluding hydrogens is 657 g/mol. The average Bonchev–Trinajstić information content (AvgIpc) is 3.13. The Hall–Kier alpha value is -4.87. The molecular formula is C50H50Si2. The van der Waals surface area contributed by atoms with Crippen molar-refractivity contribution in [2.24, 2.45) is 0 Å². The molecule has 0 radical (unpaired) electrons. The van der Waals surface area contributed by atoms with Crippen LogP contribution in [0.3, 0.4) is 0 Å². The van der Waals surface area contributed by atoms with Gasteiger partial charge in [0.2, 0.25) is 0 Å². The third-order valence-electron chi connectivity index (χ3n) is 10.7. The van der Waals surface area contributed by atoms with Crippen LogP contribution in [-0.4, -0.2) is 19.0 Å². The van der Waals surface area contributed by atoms with E-state index in [2.05, 4.69) is 188 Å². The Kier molecular flexibility index (Phi) is 10.3. The number of rotatable bonds is 6. The lowest BCUT2D eigenvalue weighted by molar-refractivity contribution is 0.795. The van der Waals surface area contributed by atoms with Crippen LogP contribution in [0.5, 0.6) is 0 Å². The number of hydrogen-bond acceptors (Lipinski definition) is 0. The normalized spacial score (nSPS) is 12.1. The molecule has 0 aliphatic rings. The predicted molar refractivity (Wildman–Crippen MR) is 236 cm³/mol. The van der Waals surface area contributed by atoms with E-state index < -0.39 is 19.0 Å². The second-order valence-corrected chi connectivity index (χ2v) is 18.6. The molecule has 0 saturated carbocycles.